The Hall–Kier alpha value is -2.83. The number of aryl methyl sites for hydroxylation is 1. The number of piperidine rings is 1. The first-order valence-electron chi connectivity index (χ1n) is 9.07. The standard InChI is InChI=1S/C20H23FN4O2/c1-13-23-17(11-18(24-13)20(22)27)9-15-3-2-8-25(12-15)19(26)10-14-4-6-16(21)7-5-14/h4-7,11,15H,2-3,8-10,12H2,1H3,(H2,22,27)/t15-/m1/s1. The Morgan fingerprint density at radius 1 is 1.26 bits per heavy atom. The number of nitrogens with two attached hydrogens (primary N) is 1. The number of primary amides is 1. The van der Waals surface area contributed by atoms with Crippen molar-refractivity contribution in [3.63, 3.8) is 0 Å². The van der Waals surface area contributed by atoms with E-state index in [9.17, 15) is 14.0 Å². The lowest BCUT2D eigenvalue weighted by molar-refractivity contribution is -0.132. The third-order valence-electron chi connectivity index (χ3n) is 4.78. The summed E-state index contributed by atoms with van der Waals surface area (Å²) in [5.74, 6) is -0.0449. The summed E-state index contributed by atoms with van der Waals surface area (Å²) < 4.78 is 13.0. The van der Waals surface area contributed by atoms with Gasteiger partial charge in [0.25, 0.3) is 5.91 Å². The minimum absolute atomic E-state index is 0.0444. The van der Waals surface area contributed by atoms with Gasteiger partial charge in [0, 0.05) is 18.8 Å². The van der Waals surface area contributed by atoms with E-state index in [1.165, 1.54) is 12.1 Å². The van der Waals surface area contributed by atoms with E-state index in [1.807, 2.05) is 4.90 Å². The average Bonchev–Trinajstić information content (AvgIpc) is 2.63. The van der Waals surface area contributed by atoms with Gasteiger partial charge in [-0.25, -0.2) is 14.4 Å². The van der Waals surface area contributed by atoms with Crippen LogP contribution in [0.15, 0.2) is 30.3 Å². The third kappa shape index (κ3) is 5.09. The summed E-state index contributed by atoms with van der Waals surface area (Å²) in [5, 5.41) is 0. The second-order valence-corrected chi connectivity index (χ2v) is 7.01. The molecule has 2 heterocycles. The number of hydrogen-bond acceptors (Lipinski definition) is 4. The summed E-state index contributed by atoms with van der Waals surface area (Å²) in [6, 6.07) is 7.66. The van der Waals surface area contributed by atoms with Crippen LogP contribution in [0.3, 0.4) is 0 Å². The highest BCUT2D eigenvalue weighted by Gasteiger charge is 2.24. The summed E-state index contributed by atoms with van der Waals surface area (Å²) in [5.41, 5.74) is 7.12. The third-order valence-corrected chi connectivity index (χ3v) is 4.78. The molecule has 2 N–H and O–H groups in total. The first-order chi connectivity index (χ1) is 12.9. The fourth-order valence-corrected chi connectivity index (χ4v) is 3.50. The van der Waals surface area contributed by atoms with Crippen LogP contribution >= 0.6 is 0 Å². The highest BCUT2D eigenvalue weighted by molar-refractivity contribution is 5.90. The van der Waals surface area contributed by atoms with Crippen LogP contribution in [-0.4, -0.2) is 39.8 Å². The molecule has 0 unspecified atom stereocenters. The van der Waals surface area contributed by atoms with Crippen LogP contribution < -0.4 is 5.73 Å². The van der Waals surface area contributed by atoms with Gasteiger partial charge in [-0.05, 0) is 55.9 Å². The minimum atomic E-state index is -0.568. The summed E-state index contributed by atoms with van der Waals surface area (Å²) in [7, 11) is 0. The normalized spacial score (nSPS) is 17.0. The minimum Gasteiger partial charge on any atom is -0.364 e. The zero-order chi connectivity index (χ0) is 19.4. The molecule has 2 aromatic rings. The molecule has 0 radical (unpaired) electrons. The highest BCUT2D eigenvalue weighted by Crippen LogP contribution is 2.21. The van der Waals surface area contributed by atoms with Gasteiger partial charge in [-0.1, -0.05) is 12.1 Å². The van der Waals surface area contributed by atoms with E-state index in [0.717, 1.165) is 30.6 Å². The molecule has 0 bridgehead atoms. The molecule has 0 spiro atoms. The van der Waals surface area contributed by atoms with Gasteiger partial charge in [0.15, 0.2) is 0 Å². The lowest BCUT2D eigenvalue weighted by atomic mass is 9.92. The maximum absolute atomic E-state index is 13.0. The van der Waals surface area contributed by atoms with Crippen molar-refractivity contribution >= 4 is 11.8 Å². The number of halogens is 1. The Morgan fingerprint density at radius 3 is 2.70 bits per heavy atom. The number of aromatic nitrogens is 2. The van der Waals surface area contributed by atoms with Gasteiger partial charge >= 0.3 is 0 Å². The van der Waals surface area contributed by atoms with Crippen LogP contribution in [0.4, 0.5) is 4.39 Å². The van der Waals surface area contributed by atoms with Gasteiger partial charge in [0.05, 0.1) is 6.42 Å². The van der Waals surface area contributed by atoms with Gasteiger partial charge in [0.2, 0.25) is 5.91 Å². The molecule has 2 amide bonds. The number of rotatable bonds is 5. The van der Waals surface area contributed by atoms with Crippen molar-refractivity contribution in [1.82, 2.24) is 14.9 Å². The largest absolute Gasteiger partial charge is 0.364 e. The molecular weight excluding hydrogens is 347 g/mol. The zero-order valence-electron chi connectivity index (χ0n) is 15.3. The van der Waals surface area contributed by atoms with Crippen LogP contribution in [0.25, 0.3) is 0 Å². The van der Waals surface area contributed by atoms with Gasteiger partial charge in [0.1, 0.15) is 17.3 Å². The predicted octanol–water partition coefficient (Wildman–Crippen LogP) is 2.05. The Balaban J connectivity index is 1.63. The van der Waals surface area contributed by atoms with Crippen LogP contribution in [0.1, 0.15) is 40.4 Å². The first-order valence-corrected chi connectivity index (χ1v) is 9.07. The molecule has 1 aliphatic rings. The first kappa shape index (κ1) is 18.9. The second-order valence-electron chi connectivity index (χ2n) is 7.01. The molecule has 6 nitrogen and oxygen atoms in total. The van der Waals surface area contributed by atoms with Crippen molar-refractivity contribution in [3.8, 4) is 0 Å². The monoisotopic (exact) mass is 370 g/mol. The lowest BCUT2D eigenvalue weighted by Crippen LogP contribution is -2.41. The average molecular weight is 370 g/mol. The van der Waals surface area contributed by atoms with E-state index in [4.69, 9.17) is 5.73 Å². The van der Waals surface area contributed by atoms with Crippen molar-refractivity contribution in [2.75, 3.05) is 13.1 Å². The predicted molar refractivity (Wildman–Crippen MR) is 98.4 cm³/mol. The summed E-state index contributed by atoms with van der Waals surface area (Å²) >= 11 is 0. The van der Waals surface area contributed by atoms with Crippen molar-refractivity contribution < 1.29 is 14.0 Å². The van der Waals surface area contributed by atoms with E-state index in [2.05, 4.69) is 9.97 Å². The van der Waals surface area contributed by atoms with Crippen molar-refractivity contribution in [3.05, 3.63) is 58.9 Å². The molecule has 3 rings (SSSR count). The second kappa shape index (κ2) is 8.24. The molecule has 0 aliphatic carbocycles. The molecule has 1 fully saturated rings. The topological polar surface area (TPSA) is 89.2 Å². The number of hydrogen-bond donors (Lipinski definition) is 1. The molecule has 1 saturated heterocycles. The summed E-state index contributed by atoms with van der Waals surface area (Å²) in [4.78, 5) is 34.3. The Labute approximate surface area is 157 Å². The van der Waals surface area contributed by atoms with Crippen LogP contribution in [0.2, 0.25) is 0 Å². The number of nitrogens with zero attached hydrogens (tertiary/aromatic N) is 3. The van der Waals surface area contributed by atoms with Gasteiger partial charge in [-0.2, -0.15) is 0 Å². The maximum Gasteiger partial charge on any atom is 0.267 e. The number of carbonyl (C=O) groups excluding carboxylic acids is 2. The van der Waals surface area contributed by atoms with E-state index >= 15 is 0 Å². The van der Waals surface area contributed by atoms with E-state index < -0.39 is 5.91 Å². The van der Waals surface area contributed by atoms with E-state index in [-0.39, 0.29) is 29.8 Å². The Kier molecular flexibility index (Phi) is 5.78. The molecule has 1 aromatic carbocycles. The van der Waals surface area contributed by atoms with Gasteiger partial charge in [-0.15, -0.1) is 0 Å². The van der Waals surface area contributed by atoms with Crippen LogP contribution in [0, 0.1) is 18.7 Å². The molecule has 7 heteroatoms. The van der Waals surface area contributed by atoms with E-state index in [0.29, 0.717) is 18.8 Å². The molecular formula is C20H23FN4O2. The van der Waals surface area contributed by atoms with Crippen molar-refractivity contribution in [1.29, 1.82) is 0 Å². The molecule has 1 atom stereocenters. The van der Waals surface area contributed by atoms with Crippen molar-refractivity contribution in [2.24, 2.45) is 11.7 Å². The maximum atomic E-state index is 13.0. The number of carbonyl (C=O) groups is 2. The molecule has 142 valence electrons. The zero-order valence-corrected chi connectivity index (χ0v) is 15.3. The van der Waals surface area contributed by atoms with Crippen LogP contribution in [-0.2, 0) is 17.6 Å². The SMILES string of the molecule is Cc1nc(C[C@H]2CCCN(C(=O)Cc3ccc(F)cc3)C2)cc(C(N)=O)n1. The quantitative estimate of drug-likeness (QED) is 0.872. The number of amides is 2. The summed E-state index contributed by atoms with van der Waals surface area (Å²) in [6.07, 6.45) is 2.86. The summed E-state index contributed by atoms with van der Waals surface area (Å²) in [6.45, 7) is 3.11. The van der Waals surface area contributed by atoms with Gasteiger partial charge < -0.3 is 10.6 Å². The van der Waals surface area contributed by atoms with E-state index in [1.54, 1.807) is 25.1 Å². The Bertz CT molecular complexity index is 838. The Morgan fingerprint density at radius 2 is 2.00 bits per heavy atom. The highest BCUT2D eigenvalue weighted by atomic mass is 19.1. The molecule has 0 saturated carbocycles. The fourth-order valence-electron chi connectivity index (χ4n) is 3.50. The van der Waals surface area contributed by atoms with Crippen LogP contribution in [0.5, 0.6) is 0 Å². The van der Waals surface area contributed by atoms with Crippen molar-refractivity contribution in [2.45, 2.75) is 32.6 Å². The lowest BCUT2D eigenvalue weighted by Gasteiger charge is -2.33. The van der Waals surface area contributed by atoms with Gasteiger partial charge in [-0.3, -0.25) is 9.59 Å². The molecule has 1 aromatic heterocycles. The molecule has 1 aliphatic heterocycles. The molecule has 27 heavy (non-hydrogen) atoms. The smallest absolute Gasteiger partial charge is 0.267 e. The fraction of sp³-hybridized carbons (Fsp3) is 0.400. The number of likely N-dealkylation sites (tertiary alicyclic amines) is 1. The number of benzene rings is 1.